The minimum absolute atomic E-state index is 0.799. The molecule has 1 saturated carbocycles. The third kappa shape index (κ3) is 3.72. The topological polar surface area (TPSA) is 12.0 Å². The van der Waals surface area contributed by atoms with E-state index in [-0.39, 0.29) is 0 Å². The molecule has 0 amide bonds. The van der Waals surface area contributed by atoms with Gasteiger partial charge in [-0.3, -0.25) is 0 Å². The second-order valence-corrected chi connectivity index (χ2v) is 4.79. The molecular weight excluding hydrogens is 170 g/mol. The summed E-state index contributed by atoms with van der Waals surface area (Å²) in [7, 11) is 0. The van der Waals surface area contributed by atoms with Crippen molar-refractivity contribution in [2.45, 2.75) is 52.0 Å². The lowest BCUT2D eigenvalue weighted by molar-refractivity contribution is 0.168. The molecule has 14 heavy (non-hydrogen) atoms. The zero-order valence-electron chi connectivity index (χ0n) is 9.55. The van der Waals surface area contributed by atoms with Crippen LogP contribution in [0.15, 0.2) is 0 Å². The molecule has 1 aliphatic carbocycles. The molecular formula is C13H23N. The Balaban J connectivity index is 1.89. The Hall–Kier alpha value is -0.480. The zero-order valence-corrected chi connectivity index (χ0v) is 9.55. The molecule has 0 aromatic rings. The fourth-order valence-corrected chi connectivity index (χ4v) is 2.03. The summed E-state index contributed by atoms with van der Waals surface area (Å²) in [6.45, 7) is 5.80. The van der Waals surface area contributed by atoms with Gasteiger partial charge in [0.15, 0.2) is 0 Å². The maximum absolute atomic E-state index is 5.19. The lowest BCUT2D eigenvalue weighted by Crippen LogP contribution is -2.43. The van der Waals surface area contributed by atoms with E-state index in [0.29, 0.717) is 0 Å². The quantitative estimate of drug-likeness (QED) is 0.505. The van der Waals surface area contributed by atoms with Crippen molar-refractivity contribution >= 4 is 0 Å². The largest absolute Gasteiger partial charge is 0.314 e. The van der Waals surface area contributed by atoms with Crippen LogP contribution in [0, 0.1) is 24.2 Å². The van der Waals surface area contributed by atoms with Crippen LogP contribution in [-0.4, -0.2) is 12.6 Å². The molecule has 0 aromatic carbocycles. The summed E-state index contributed by atoms with van der Waals surface area (Å²) in [6, 6.07) is 0.799. The number of hydrogen-bond donors (Lipinski definition) is 1. The lowest BCUT2D eigenvalue weighted by Gasteiger charge is -2.38. The maximum atomic E-state index is 5.19. The van der Waals surface area contributed by atoms with Crippen molar-refractivity contribution < 1.29 is 0 Å². The molecule has 80 valence electrons. The summed E-state index contributed by atoms with van der Waals surface area (Å²) in [4.78, 5) is 0. The van der Waals surface area contributed by atoms with Gasteiger partial charge in [0.05, 0.1) is 0 Å². The van der Waals surface area contributed by atoms with Crippen LogP contribution in [0.5, 0.6) is 0 Å². The van der Waals surface area contributed by atoms with Gasteiger partial charge in [-0.1, -0.05) is 13.8 Å². The first-order chi connectivity index (χ1) is 6.74. The molecule has 0 bridgehead atoms. The highest BCUT2D eigenvalue weighted by Crippen LogP contribution is 2.33. The van der Waals surface area contributed by atoms with Gasteiger partial charge in [0.1, 0.15) is 0 Å². The first-order valence-electron chi connectivity index (χ1n) is 5.91. The number of unbranched alkanes of at least 4 members (excludes halogenated alkanes) is 2. The Morgan fingerprint density at radius 1 is 1.36 bits per heavy atom. The van der Waals surface area contributed by atoms with Gasteiger partial charge in [0.2, 0.25) is 0 Å². The van der Waals surface area contributed by atoms with E-state index >= 15 is 0 Å². The smallest absolute Gasteiger partial charge is 0.00865 e. The van der Waals surface area contributed by atoms with Gasteiger partial charge < -0.3 is 5.32 Å². The first-order valence-corrected chi connectivity index (χ1v) is 5.91. The highest BCUT2D eigenvalue weighted by Gasteiger charge is 2.30. The number of nitrogens with one attached hydrogen (secondary N) is 1. The number of terminal acetylenes is 1. The third-order valence-corrected chi connectivity index (χ3v) is 3.30. The van der Waals surface area contributed by atoms with E-state index in [1.165, 1.54) is 25.7 Å². The van der Waals surface area contributed by atoms with Crippen LogP contribution in [0.25, 0.3) is 0 Å². The molecule has 1 N–H and O–H groups in total. The van der Waals surface area contributed by atoms with Crippen LogP contribution in [0.3, 0.4) is 0 Å². The van der Waals surface area contributed by atoms with Crippen molar-refractivity contribution in [1.29, 1.82) is 0 Å². The molecule has 0 radical (unpaired) electrons. The van der Waals surface area contributed by atoms with Crippen molar-refractivity contribution in [1.82, 2.24) is 5.32 Å². The molecule has 0 atom stereocenters. The van der Waals surface area contributed by atoms with Gasteiger partial charge in [-0.25, -0.2) is 0 Å². The van der Waals surface area contributed by atoms with E-state index in [9.17, 15) is 0 Å². The summed E-state index contributed by atoms with van der Waals surface area (Å²) in [5.74, 6) is 4.52. The van der Waals surface area contributed by atoms with Gasteiger partial charge in [-0.05, 0) is 44.1 Å². The highest BCUT2D eigenvalue weighted by atomic mass is 14.9. The molecule has 1 heteroatoms. The van der Waals surface area contributed by atoms with Gasteiger partial charge in [0, 0.05) is 12.5 Å². The number of hydrogen-bond acceptors (Lipinski definition) is 1. The molecule has 1 rings (SSSR count). The van der Waals surface area contributed by atoms with Crippen molar-refractivity contribution in [2.24, 2.45) is 11.8 Å². The Morgan fingerprint density at radius 2 is 2.07 bits per heavy atom. The van der Waals surface area contributed by atoms with Crippen LogP contribution in [-0.2, 0) is 0 Å². The summed E-state index contributed by atoms with van der Waals surface area (Å²) < 4.78 is 0. The Kier molecular flexibility index (Phi) is 5.04. The lowest BCUT2D eigenvalue weighted by atomic mass is 9.74. The second-order valence-electron chi connectivity index (χ2n) is 4.79. The van der Waals surface area contributed by atoms with Crippen molar-refractivity contribution in [3.8, 4) is 12.3 Å². The fourth-order valence-electron chi connectivity index (χ4n) is 2.03. The Labute approximate surface area is 88.7 Å². The molecule has 0 spiro atoms. The SMILES string of the molecule is C#CCCCCNC1CC(C(C)C)C1. The van der Waals surface area contributed by atoms with E-state index in [0.717, 1.165) is 30.8 Å². The zero-order chi connectivity index (χ0) is 10.4. The third-order valence-electron chi connectivity index (χ3n) is 3.30. The second kappa shape index (κ2) is 6.09. The molecule has 1 nitrogen and oxygen atoms in total. The van der Waals surface area contributed by atoms with E-state index in [4.69, 9.17) is 6.42 Å². The maximum Gasteiger partial charge on any atom is 0.00865 e. The molecule has 1 aliphatic rings. The fraction of sp³-hybridized carbons (Fsp3) is 0.846. The Bertz CT molecular complexity index is 184. The van der Waals surface area contributed by atoms with E-state index < -0.39 is 0 Å². The minimum Gasteiger partial charge on any atom is -0.314 e. The Morgan fingerprint density at radius 3 is 2.64 bits per heavy atom. The van der Waals surface area contributed by atoms with E-state index in [1.807, 2.05) is 0 Å². The molecule has 0 unspecified atom stereocenters. The standard InChI is InChI=1S/C13H23N/c1-4-5-6-7-8-14-13-9-12(10-13)11(2)3/h1,11-14H,5-10H2,2-3H3. The summed E-state index contributed by atoms with van der Waals surface area (Å²) in [5, 5.41) is 3.59. The van der Waals surface area contributed by atoms with Gasteiger partial charge >= 0.3 is 0 Å². The van der Waals surface area contributed by atoms with E-state index in [1.54, 1.807) is 0 Å². The normalized spacial score (nSPS) is 25.9. The minimum atomic E-state index is 0.799. The molecule has 0 saturated heterocycles. The predicted octanol–water partition coefficient (Wildman–Crippen LogP) is 2.81. The molecule has 0 aromatic heterocycles. The van der Waals surface area contributed by atoms with Gasteiger partial charge in [0.25, 0.3) is 0 Å². The average molecular weight is 193 g/mol. The van der Waals surface area contributed by atoms with Crippen molar-refractivity contribution in [2.75, 3.05) is 6.54 Å². The van der Waals surface area contributed by atoms with Crippen LogP contribution < -0.4 is 5.32 Å². The molecule has 0 heterocycles. The van der Waals surface area contributed by atoms with E-state index in [2.05, 4.69) is 25.1 Å². The summed E-state index contributed by atoms with van der Waals surface area (Å²) >= 11 is 0. The van der Waals surface area contributed by atoms with Crippen molar-refractivity contribution in [3.05, 3.63) is 0 Å². The predicted molar refractivity (Wildman–Crippen MR) is 62.0 cm³/mol. The van der Waals surface area contributed by atoms with Crippen LogP contribution in [0.4, 0.5) is 0 Å². The summed E-state index contributed by atoms with van der Waals surface area (Å²) in [5.41, 5.74) is 0. The van der Waals surface area contributed by atoms with Crippen LogP contribution in [0.2, 0.25) is 0 Å². The average Bonchev–Trinajstić information content (AvgIpc) is 2.06. The van der Waals surface area contributed by atoms with Gasteiger partial charge in [-0.2, -0.15) is 0 Å². The van der Waals surface area contributed by atoms with Gasteiger partial charge in [-0.15, -0.1) is 12.3 Å². The van der Waals surface area contributed by atoms with Crippen LogP contribution >= 0.6 is 0 Å². The van der Waals surface area contributed by atoms with Crippen molar-refractivity contribution in [3.63, 3.8) is 0 Å². The van der Waals surface area contributed by atoms with Crippen LogP contribution in [0.1, 0.15) is 46.0 Å². The molecule has 0 aliphatic heterocycles. The molecule has 1 fully saturated rings. The monoisotopic (exact) mass is 193 g/mol. The number of rotatable bonds is 6. The summed E-state index contributed by atoms with van der Waals surface area (Å²) in [6.07, 6.45) is 11.3. The highest BCUT2D eigenvalue weighted by molar-refractivity contribution is 4.87. The first kappa shape index (κ1) is 11.6.